The van der Waals surface area contributed by atoms with Crippen LogP contribution in [0, 0.1) is 11.8 Å². The summed E-state index contributed by atoms with van der Waals surface area (Å²) in [6, 6.07) is 14.5. The molecule has 0 spiro atoms. The number of aromatic nitrogens is 1. The van der Waals surface area contributed by atoms with Gasteiger partial charge in [-0.3, -0.25) is 4.79 Å². The van der Waals surface area contributed by atoms with Crippen LogP contribution in [-0.2, 0) is 14.3 Å². The number of hydrogen-bond acceptors (Lipinski definition) is 6. The molecular weight excluding hydrogens is 434 g/mol. The zero-order valence-corrected chi connectivity index (χ0v) is 18.4. The smallest absolute Gasteiger partial charge is 0.338 e. The number of esters is 1. The fourth-order valence-electron chi connectivity index (χ4n) is 4.35. The monoisotopic (exact) mass is 453 g/mol. The van der Waals surface area contributed by atoms with E-state index in [0.717, 1.165) is 10.2 Å². The molecule has 0 N–H and O–H groups in total. The maximum absolute atomic E-state index is 13.3. The third-order valence-electron chi connectivity index (χ3n) is 6.07. The molecule has 0 radical (unpaired) electrons. The van der Waals surface area contributed by atoms with E-state index in [9.17, 15) is 9.59 Å². The van der Waals surface area contributed by atoms with Crippen molar-refractivity contribution in [3.8, 4) is 0 Å². The van der Waals surface area contributed by atoms with Gasteiger partial charge in [0.05, 0.1) is 33.5 Å². The second-order valence-electron chi connectivity index (χ2n) is 7.98. The van der Waals surface area contributed by atoms with E-state index in [-0.39, 0.29) is 35.8 Å². The van der Waals surface area contributed by atoms with Crippen LogP contribution in [0.4, 0.5) is 0 Å². The van der Waals surface area contributed by atoms with E-state index in [4.69, 9.17) is 21.1 Å². The van der Waals surface area contributed by atoms with Crippen LogP contribution >= 0.6 is 22.9 Å². The molecule has 2 aliphatic rings. The third kappa shape index (κ3) is 3.75. The highest BCUT2D eigenvalue weighted by atomic mass is 35.5. The number of ether oxygens (including phenoxy) is 2. The molecule has 4 atom stereocenters. The molecule has 31 heavy (non-hydrogen) atoms. The van der Waals surface area contributed by atoms with Gasteiger partial charge in [-0.1, -0.05) is 30.7 Å². The number of allylic oxidation sites excluding steroid dienone is 1. The normalized spacial score (nSPS) is 25.5. The number of hydrogen-bond donors (Lipinski definition) is 0. The maximum atomic E-state index is 13.3. The van der Waals surface area contributed by atoms with Crippen molar-refractivity contribution in [2.45, 2.75) is 32.0 Å². The molecule has 0 amide bonds. The molecule has 5 nitrogen and oxygen atoms in total. The predicted molar refractivity (Wildman–Crippen MR) is 120 cm³/mol. The second-order valence-corrected chi connectivity index (χ2v) is 9.44. The number of benzene rings is 2. The molecule has 0 saturated heterocycles. The molecule has 4 unspecified atom stereocenters. The van der Waals surface area contributed by atoms with Crippen molar-refractivity contribution in [1.29, 1.82) is 0 Å². The average Bonchev–Trinajstić information content (AvgIpc) is 3.20. The van der Waals surface area contributed by atoms with Crippen molar-refractivity contribution in [3.05, 3.63) is 70.4 Å². The van der Waals surface area contributed by atoms with Crippen LogP contribution in [0.3, 0.4) is 0 Å². The summed E-state index contributed by atoms with van der Waals surface area (Å²) in [7, 11) is 0. The lowest BCUT2D eigenvalue weighted by Gasteiger charge is -2.41. The molecule has 1 aliphatic heterocycles. The van der Waals surface area contributed by atoms with E-state index < -0.39 is 0 Å². The van der Waals surface area contributed by atoms with Crippen molar-refractivity contribution in [3.63, 3.8) is 0 Å². The van der Waals surface area contributed by atoms with Crippen molar-refractivity contribution >= 4 is 50.5 Å². The molecule has 1 saturated carbocycles. The van der Waals surface area contributed by atoms with Gasteiger partial charge in [-0.05, 0) is 49.2 Å². The van der Waals surface area contributed by atoms with Gasteiger partial charge in [0.1, 0.15) is 17.2 Å². The van der Waals surface area contributed by atoms with Crippen LogP contribution in [0.2, 0.25) is 5.02 Å². The van der Waals surface area contributed by atoms with Crippen LogP contribution in [0.1, 0.15) is 35.1 Å². The molecule has 3 aromatic rings. The van der Waals surface area contributed by atoms with Crippen LogP contribution in [-0.4, -0.2) is 28.9 Å². The zero-order chi connectivity index (χ0) is 21.5. The number of fused-ring (bicyclic) bond motifs is 2. The molecule has 158 valence electrons. The highest BCUT2D eigenvalue weighted by Gasteiger charge is 2.46. The summed E-state index contributed by atoms with van der Waals surface area (Å²) < 4.78 is 12.8. The van der Waals surface area contributed by atoms with E-state index in [1.165, 1.54) is 11.3 Å². The standard InChI is InChI=1S/C24H20ClNO4S/c1-13-19(30-24(28)14-6-8-15(25)9-7-14)11-10-16-21(27)17(12-29-22(13)16)23-26-18-4-2-3-5-20(18)31-23/h2-9,12-13,16,19,22H,10-11H2,1H3. The number of ketones is 1. The number of halogens is 1. The topological polar surface area (TPSA) is 65.5 Å². The van der Waals surface area contributed by atoms with E-state index >= 15 is 0 Å². The minimum atomic E-state index is -0.389. The first-order chi connectivity index (χ1) is 15.0. The summed E-state index contributed by atoms with van der Waals surface area (Å²) in [6.07, 6.45) is 2.14. The van der Waals surface area contributed by atoms with Gasteiger partial charge in [0.15, 0.2) is 5.78 Å². The lowest BCUT2D eigenvalue weighted by Crippen LogP contribution is -2.48. The number of para-hydroxylation sites is 1. The lowest BCUT2D eigenvalue weighted by atomic mass is 9.73. The molecule has 2 aromatic carbocycles. The summed E-state index contributed by atoms with van der Waals surface area (Å²) in [5.74, 6) is -0.691. The van der Waals surface area contributed by atoms with Crippen molar-refractivity contribution < 1.29 is 19.1 Å². The lowest BCUT2D eigenvalue weighted by molar-refractivity contribution is -0.131. The third-order valence-corrected chi connectivity index (χ3v) is 7.39. The first-order valence-corrected chi connectivity index (χ1v) is 11.4. The summed E-state index contributed by atoms with van der Waals surface area (Å²) in [5, 5.41) is 1.25. The minimum absolute atomic E-state index is 0.0598. The quantitative estimate of drug-likeness (QED) is 0.488. The second kappa shape index (κ2) is 8.09. The van der Waals surface area contributed by atoms with E-state index in [1.807, 2.05) is 31.2 Å². The molecule has 5 rings (SSSR count). The van der Waals surface area contributed by atoms with Gasteiger partial charge in [0.25, 0.3) is 0 Å². The van der Waals surface area contributed by atoms with Crippen LogP contribution in [0.15, 0.2) is 54.8 Å². The van der Waals surface area contributed by atoms with Gasteiger partial charge in [0.2, 0.25) is 0 Å². The Balaban J connectivity index is 1.33. The average molecular weight is 454 g/mol. The molecule has 1 aliphatic carbocycles. The first kappa shape index (κ1) is 20.2. The molecular formula is C24H20ClNO4S. The Morgan fingerprint density at radius 2 is 1.94 bits per heavy atom. The molecule has 2 heterocycles. The molecule has 0 bridgehead atoms. The number of rotatable bonds is 3. The van der Waals surface area contributed by atoms with E-state index in [0.29, 0.717) is 34.0 Å². The summed E-state index contributed by atoms with van der Waals surface area (Å²) in [5.41, 5.74) is 1.87. The maximum Gasteiger partial charge on any atom is 0.338 e. The van der Waals surface area contributed by atoms with Gasteiger partial charge < -0.3 is 9.47 Å². The number of carbonyl (C=O) groups is 2. The number of carbonyl (C=O) groups excluding carboxylic acids is 2. The van der Waals surface area contributed by atoms with E-state index in [2.05, 4.69) is 4.98 Å². The number of thiazole rings is 1. The van der Waals surface area contributed by atoms with Crippen molar-refractivity contribution in [1.82, 2.24) is 4.98 Å². The van der Waals surface area contributed by atoms with Gasteiger partial charge in [-0.25, -0.2) is 9.78 Å². The number of Topliss-reactive ketones (excluding diaryl/α,β-unsaturated/α-hetero) is 1. The summed E-state index contributed by atoms with van der Waals surface area (Å²) in [6.45, 7) is 1.97. The fourth-order valence-corrected chi connectivity index (χ4v) is 5.46. The minimum Gasteiger partial charge on any atom is -0.496 e. The Hall–Kier alpha value is -2.70. The van der Waals surface area contributed by atoms with Crippen molar-refractivity contribution in [2.75, 3.05) is 0 Å². The van der Waals surface area contributed by atoms with Gasteiger partial charge in [-0.15, -0.1) is 11.3 Å². The predicted octanol–water partition coefficient (Wildman–Crippen LogP) is 5.53. The molecule has 1 fully saturated rings. The van der Waals surface area contributed by atoms with E-state index in [1.54, 1.807) is 30.5 Å². The Kier molecular flexibility index (Phi) is 5.28. The van der Waals surface area contributed by atoms with Crippen molar-refractivity contribution in [2.24, 2.45) is 11.8 Å². The molecule has 7 heteroatoms. The highest BCUT2D eigenvalue weighted by molar-refractivity contribution is 7.19. The van der Waals surface area contributed by atoms with Crippen LogP contribution in [0.25, 0.3) is 15.8 Å². The highest BCUT2D eigenvalue weighted by Crippen LogP contribution is 2.41. The largest absolute Gasteiger partial charge is 0.496 e. The fraction of sp³-hybridized carbons (Fsp3) is 0.292. The van der Waals surface area contributed by atoms with Gasteiger partial charge >= 0.3 is 5.97 Å². The first-order valence-electron chi connectivity index (χ1n) is 10.2. The zero-order valence-electron chi connectivity index (χ0n) is 16.8. The molecule has 1 aromatic heterocycles. The van der Waals surface area contributed by atoms with Gasteiger partial charge in [0, 0.05) is 10.9 Å². The SMILES string of the molecule is CC1C(OC(=O)c2ccc(Cl)cc2)CCC2C(=O)C(c3nc4ccccc4s3)=COC21. The Morgan fingerprint density at radius 1 is 1.16 bits per heavy atom. The summed E-state index contributed by atoms with van der Waals surface area (Å²) >= 11 is 7.39. The Bertz CT molecular complexity index is 1150. The van der Waals surface area contributed by atoms with Gasteiger partial charge in [-0.2, -0.15) is 0 Å². The summed E-state index contributed by atoms with van der Waals surface area (Å²) in [4.78, 5) is 30.4. The Morgan fingerprint density at radius 3 is 2.71 bits per heavy atom. The number of nitrogens with zero attached hydrogens (tertiary/aromatic N) is 1. The van der Waals surface area contributed by atoms with Crippen LogP contribution < -0.4 is 0 Å². The Labute approximate surface area is 188 Å². The van der Waals surface area contributed by atoms with Crippen LogP contribution in [0.5, 0.6) is 0 Å².